The Labute approximate surface area is 53.2 Å². The van der Waals surface area contributed by atoms with Crippen LogP contribution in [0.2, 0.25) is 0 Å². The van der Waals surface area contributed by atoms with Crippen LogP contribution >= 0.6 is 0 Å². The molecule has 0 bridgehead atoms. The molecule has 0 aliphatic rings. The van der Waals surface area contributed by atoms with Gasteiger partial charge in [0.25, 0.3) is 0 Å². The number of rotatable bonds is 3. The summed E-state index contributed by atoms with van der Waals surface area (Å²) >= 11 is 0. The Hall–Kier alpha value is -0.900. The average Bonchev–Trinajstić information content (AvgIpc) is 2.34. The van der Waals surface area contributed by atoms with Crippen molar-refractivity contribution < 1.29 is 4.74 Å². The minimum absolute atomic E-state index is 0.701. The van der Waals surface area contributed by atoms with Gasteiger partial charge in [0, 0.05) is 13.5 Å². The molecular weight excluding hydrogens is 118 g/mol. The van der Waals surface area contributed by atoms with Crippen LogP contribution in [0.1, 0.15) is 5.69 Å². The van der Waals surface area contributed by atoms with Crippen LogP contribution in [0.15, 0.2) is 6.20 Å². The van der Waals surface area contributed by atoms with Gasteiger partial charge in [-0.3, -0.25) is 0 Å². The third-order valence-corrected chi connectivity index (χ3v) is 1.03. The minimum atomic E-state index is 0.701. The van der Waals surface area contributed by atoms with Crippen molar-refractivity contribution in [2.75, 3.05) is 13.7 Å². The summed E-state index contributed by atoms with van der Waals surface area (Å²) in [6.45, 7) is 0.701. The fourth-order valence-electron chi connectivity index (χ4n) is 0.552. The van der Waals surface area contributed by atoms with E-state index >= 15 is 0 Å². The van der Waals surface area contributed by atoms with Crippen LogP contribution in [0.3, 0.4) is 0 Å². The van der Waals surface area contributed by atoms with Gasteiger partial charge in [-0.15, -0.1) is 0 Å². The van der Waals surface area contributed by atoms with Crippen molar-refractivity contribution in [1.29, 1.82) is 0 Å². The predicted octanol–water partition coefficient (Wildman–Crippen LogP) is -0.00640. The first-order chi connectivity index (χ1) is 4.43. The molecule has 0 unspecified atom stereocenters. The fraction of sp³-hybridized carbons (Fsp3) is 0.600. The molecule has 1 rings (SSSR count). The molecule has 0 aromatic carbocycles. The minimum Gasteiger partial charge on any atom is -0.384 e. The highest BCUT2D eigenvalue weighted by Gasteiger charge is 1.92. The van der Waals surface area contributed by atoms with Gasteiger partial charge in [-0.2, -0.15) is 15.4 Å². The van der Waals surface area contributed by atoms with Gasteiger partial charge in [0.1, 0.15) is 0 Å². The van der Waals surface area contributed by atoms with Crippen LogP contribution in [0, 0.1) is 0 Å². The van der Waals surface area contributed by atoms with Crippen molar-refractivity contribution in [3.63, 3.8) is 0 Å². The van der Waals surface area contributed by atoms with E-state index in [1.165, 1.54) is 0 Å². The molecular formula is C5H9N3O. The Morgan fingerprint density at radius 1 is 1.78 bits per heavy atom. The van der Waals surface area contributed by atoms with E-state index in [1.807, 2.05) is 0 Å². The van der Waals surface area contributed by atoms with Crippen LogP contribution in [-0.4, -0.2) is 29.1 Å². The lowest BCUT2D eigenvalue weighted by Crippen LogP contribution is -1.93. The zero-order chi connectivity index (χ0) is 6.53. The molecule has 50 valence electrons. The number of aromatic amines is 1. The first kappa shape index (κ1) is 6.22. The molecule has 4 nitrogen and oxygen atoms in total. The van der Waals surface area contributed by atoms with E-state index in [1.54, 1.807) is 13.3 Å². The zero-order valence-electron chi connectivity index (χ0n) is 5.29. The van der Waals surface area contributed by atoms with Crippen molar-refractivity contribution in [2.24, 2.45) is 0 Å². The summed E-state index contributed by atoms with van der Waals surface area (Å²) < 4.78 is 4.83. The van der Waals surface area contributed by atoms with Crippen LogP contribution in [0.25, 0.3) is 0 Å². The molecule has 9 heavy (non-hydrogen) atoms. The van der Waals surface area contributed by atoms with Crippen molar-refractivity contribution in [3.05, 3.63) is 11.9 Å². The number of hydrogen-bond acceptors (Lipinski definition) is 3. The predicted molar refractivity (Wildman–Crippen MR) is 32.0 cm³/mol. The lowest BCUT2D eigenvalue weighted by molar-refractivity contribution is 0.201. The number of aromatic nitrogens is 3. The van der Waals surface area contributed by atoms with Crippen molar-refractivity contribution in [1.82, 2.24) is 15.4 Å². The summed E-state index contributed by atoms with van der Waals surface area (Å²) in [7, 11) is 1.67. The second kappa shape index (κ2) is 3.19. The molecule has 0 spiro atoms. The van der Waals surface area contributed by atoms with E-state index in [4.69, 9.17) is 4.74 Å². The Bertz CT molecular complexity index is 149. The summed E-state index contributed by atoms with van der Waals surface area (Å²) in [5.74, 6) is 0. The largest absolute Gasteiger partial charge is 0.384 e. The van der Waals surface area contributed by atoms with E-state index in [0.29, 0.717) is 6.61 Å². The van der Waals surface area contributed by atoms with Crippen LogP contribution < -0.4 is 0 Å². The Morgan fingerprint density at radius 3 is 3.22 bits per heavy atom. The van der Waals surface area contributed by atoms with Gasteiger partial charge in [0.15, 0.2) is 0 Å². The van der Waals surface area contributed by atoms with Crippen molar-refractivity contribution in [3.8, 4) is 0 Å². The molecule has 0 amide bonds. The molecule has 1 N–H and O–H groups in total. The quantitative estimate of drug-likeness (QED) is 0.621. The fourth-order valence-corrected chi connectivity index (χ4v) is 0.552. The molecule has 1 heterocycles. The summed E-state index contributed by atoms with van der Waals surface area (Å²) in [5.41, 5.74) is 0.942. The lowest BCUT2D eigenvalue weighted by atomic mass is 10.4. The third-order valence-electron chi connectivity index (χ3n) is 1.03. The highest BCUT2D eigenvalue weighted by atomic mass is 16.5. The SMILES string of the molecule is COCCc1cn[nH]n1. The van der Waals surface area contributed by atoms with Gasteiger partial charge in [-0.1, -0.05) is 0 Å². The van der Waals surface area contributed by atoms with Gasteiger partial charge >= 0.3 is 0 Å². The van der Waals surface area contributed by atoms with Crippen LogP contribution in [-0.2, 0) is 11.2 Å². The van der Waals surface area contributed by atoms with E-state index in [9.17, 15) is 0 Å². The molecule has 1 aromatic rings. The van der Waals surface area contributed by atoms with Gasteiger partial charge in [0.2, 0.25) is 0 Å². The smallest absolute Gasteiger partial charge is 0.0847 e. The summed E-state index contributed by atoms with van der Waals surface area (Å²) in [5, 5.41) is 10.0. The molecule has 0 saturated heterocycles. The second-order valence-corrected chi connectivity index (χ2v) is 1.70. The van der Waals surface area contributed by atoms with E-state index in [0.717, 1.165) is 12.1 Å². The van der Waals surface area contributed by atoms with Gasteiger partial charge < -0.3 is 4.74 Å². The Morgan fingerprint density at radius 2 is 2.67 bits per heavy atom. The maximum atomic E-state index is 4.83. The number of ether oxygens (including phenoxy) is 1. The maximum Gasteiger partial charge on any atom is 0.0847 e. The first-order valence-corrected chi connectivity index (χ1v) is 2.77. The van der Waals surface area contributed by atoms with Crippen LogP contribution in [0.4, 0.5) is 0 Å². The molecule has 4 heteroatoms. The van der Waals surface area contributed by atoms with Gasteiger partial charge in [-0.05, 0) is 0 Å². The molecule has 0 saturated carbocycles. The van der Waals surface area contributed by atoms with E-state index in [2.05, 4.69) is 15.4 Å². The normalized spacial score (nSPS) is 9.89. The number of hydrogen-bond donors (Lipinski definition) is 1. The number of methoxy groups -OCH3 is 1. The van der Waals surface area contributed by atoms with Gasteiger partial charge in [0.05, 0.1) is 18.5 Å². The molecule has 0 aliphatic heterocycles. The highest BCUT2D eigenvalue weighted by Crippen LogP contribution is 1.88. The van der Waals surface area contributed by atoms with Crippen molar-refractivity contribution >= 4 is 0 Å². The molecule has 0 atom stereocenters. The maximum absolute atomic E-state index is 4.83. The summed E-state index contributed by atoms with van der Waals surface area (Å²) in [6, 6.07) is 0. The number of nitrogens with zero attached hydrogens (tertiary/aromatic N) is 2. The highest BCUT2D eigenvalue weighted by molar-refractivity contribution is 4.89. The topological polar surface area (TPSA) is 50.8 Å². The molecule has 0 fully saturated rings. The average molecular weight is 127 g/mol. The number of nitrogens with one attached hydrogen (secondary N) is 1. The Kier molecular flexibility index (Phi) is 2.21. The monoisotopic (exact) mass is 127 g/mol. The Balaban J connectivity index is 2.30. The lowest BCUT2D eigenvalue weighted by Gasteiger charge is -1.90. The zero-order valence-corrected chi connectivity index (χ0v) is 5.29. The molecule has 0 aliphatic carbocycles. The second-order valence-electron chi connectivity index (χ2n) is 1.70. The van der Waals surface area contributed by atoms with E-state index in [-0.39, 0.29) is 0 Å². The summed E-state index contributed by atoms with van der Waals surface area (Å²) in [4.78, 5) is 0. The number of H-pyrrole nitrogens is 1. The van der Waals surface area contributed by atoms with Gasteiger partial charge in [-0.25, -0.2) is 0 Å². The van der Waals surface area contributed by atoms with E-state index < -0.39 is 0 Å². The third kappa shape index (κ3) is 1.81. The van der Waals surface area contributed by atoms with Crippen molar-refractivity contribution in [2.45, 2.75) is 6.42 Å². The molecule has 1 aromatic heterocycles. The van der Waals surface area contributed by atoms with Crippen LogP contribution in [0.5, 0.6) is 0 Å². The standard InChI is InChI=1S/C5H9N3O/c1-9-3-2-5-4-6-8-7-5/h4H,2-3H2,1H3,(H,6,7,8). The molecule has 0 radical (unpaired) electrons. The first-order valence-electron chi connectivity index (χ1n) is 2.77. The summed E-state index contributed by atoms with van der Waals surface area (Å²) in [6.07, 6.45) is 2.52.